The minimum absolute atomic E-state index is 0.0883. The third-order valence-corrected chi connectivity index (χ3v) is 6.20. The average molecular weight is 419 g/mol. The molecular weight excluding hydrogens is 392 g/mol. The van der Waals surface area contributed by atoms with Gasteiger partial charge in [-0.1, -0.05) is 12.1 Å². The van der Waals surface area contributed by atoms with E-state index in [4.69, 9.17) is 9.47 Å². The van der Waals surface area contributed by atoms with Crippen LogP contribution in [0.4, 0.5) is 5.69 Å². The fraction of sp³-hybridized carbons (Fsp3) is 0.381. The van der Waals surface area contributed by atoms with Crippen LogP contribution in [0.3, 0.4) is 0 Å². The number of carbonyl (C=O) groups excluding carboxylic acids is 1. The number of carbonyl (C=O) groups is 1. The Morgan fingerprint density at radius 1 is 1.07 bits per heavy atom. The number of fused-ring (bicyclic) bond motifs is 1. The Hall–Kier alpha value is -2.74. The van der Waals surface area contributed by atoms with Gasteiger partial charge < -0.3 is 14.8 Å². The van der Waals surface area contributed by atoms with Crippen molar-refractivity contribution in [1.82, 2.24) is 5.32 Å². The zero-order chi connectivity index (χ0) is 21.3. The van der Waals surface area contributed by atoms with Crippen molar-refractivity contribution >= 4 is 21.6 Å². The van der Waals surface area contributed by atoms with Crippen LogP contribution in [0.1, 0.15) is 35.2 Å². The molecule has 1 atom stereocenters. The molecule has 8 heteroatoms. The second kappa shape index (κ2) is 7.94. The molecule has 0 aromatic heterocycles. The molecule has 1 aliphatic heterocycles. The Labute approximate surface area is 171 Å². The molecular formula is C21H26N2O5S. The average Bonchev–Trinajstić information content (AvgIpc) is 3.09. The van der Waals surface area contributed by atoms with Gasteiger partial charge in [-0.3, -0.25) is 9.10 Å². The van der Waals surface area contributed by atoms with E-state index in [1.54, 1.807) is 18.2 Å². The minimum Gasteiger partial charge on any atom is -0.454 e. The first-order valence-electron chi connectivity index (χ1n) is 9.30. The maximum atomic E-state index is 12.7. The van der Waals surface area contributed by atoms with Crippen molar-refractivity contribution < 1.29 is 22.7 Å². The predicted molar refractivity (Wildman–Crippen MR) is 112 cm³/mol. The van der Waals surface area contributed by atoms with E-state index in [9.17, 15) is 13.2 Å². The number of hydrogen-bond acceptors (Lipinski definition) is 5. The molecule has 1 heterocycles. The highest BCUT2D eigenvalue weighted by atomic mass is 32.2. The second-order valence-corrected chi connectivity index (χ2v) is 9.30. The minimum atomic E-state index is -3.68. The standard InChI is InChI=1S/C21H26N2O5S/c1-13-8-15(3)18(9-14(13)2)16(4)22-21(24)11-23(29(5,25)26)17-6-7-19-20(10-17)28-12-27-19/h6-10,16H,11-12H2,1-5H3,(H,22,24)/t16-/m0/s1. The van der Waals surface area contributed by atoms with Crippen LogP contribution in [0.25, 0.3) is 0 Å². The topological polar surface area (TPSA) is 84.9 Å². The van der Waals surface area contributed by atoms with Crippen molar-refractivity contribution in [3.8, 4) is 11.5 Å². The number of hydrogen-bond donors (Lipinski definition) is 1. The number of aryl methyl sites for hydroxylation is 3. The van der Waals surface area contributed by atoms with Crippen LogP contribution >= 0.6 is 0 Å². The summed E-state index contributed by atoms with van der Waals surface area (Å²) in [6.07, 6.45) is 1.07. The number of benzene rings is 2. The lowest BCUT2D eigenvalue weighted by molar-refractivity contribution is -0.120. The van der Waals surface area contributed by atoms with Crippen LogP contribution in [0.15, 0.2) is 30.3 Å². The molecule has 156 valence electrons. The zero-order valence-corrected chi connectivity index (χ0v) is 18.1. The maximum Gasteiger partial charge on any atom is 0.241 e. The van der Waals surface area contributed by atoms with E-state index in [1.165, 1.54) is 5.56 Å². The van der Waals surface area contributed by atoms with Gasteiger partial charge in [0.05, 0.1) is 18.0 Å². The Bertz CT molecular complexity index is 1050. The van der Waals surface area contributed by atoms with Crippen molar-refractivity contribution in [3.63, 3.8) is 0 Å². The molecule has 2 aromatic rings. The summed E-state index contributed by atoms with van der Waals surface area (Å²) in [4.78, 5) is 12.7. The monoisotopic (exact) mass is 418 g/mol. The van der Waals surface area contributed by atoms with Crippen molar-refractivity contribution in [2.24, 2.45) is 0 Å². The number of anilines is 1. The number of ether oxygens (including phenoxy) is 2. The fourth-order valence-electron chi connectivity index (χ4n) is 3.39. The Morgan fingerprint density at radius 2 is 1.72 bits per heavy atom. The third kappa shape index (κ3) is 4.64. The van der Waals surface area contributed by atoms with E-state index in [0.717, 1.165) is 27.3 Å². The van der Waals surface area contributed by atoms with Crippen LogP contribution in [-0.2, 0) is 14.8 Å². The summed E-state index contributed by atoms with van der Waals surface area (Å²) in [5, 5.41) is 2.91. The smallest absolute Gasteiger partial charge is 0.241 e. The SMILES string of the molecule is Cc1cc(C)c([C@H](C)NC(=O)CN(c2ccc3c(c2)OCO3)S(C)(=O)=O)cc1C. The van der Waals surface area contributed by atoms with Gasteiger partial charge in [0.2, 0.25) is 22.7 Å². The van der Waals surface area contributed by atoms with Crippen molar-refractivity contribution in [2.45, 2.75) is 33.7 Å². The predicted octanol–water partition coefficient (Wildman–Crippen LogP) is 2.98. The van der Waals surface area contributed by atoms with Gasteiger partial charge in [0.15, 0.2) is 11.5 Å². The zero-order valence-electron chi connectivity index (χ0n) is 17.3. The van der Waals surface area contributed by atoms with Crippen LogP contribution in [0.5, 0.6) is 11.5 Å². The molecule has 3 rings (SSSR count). The van der Waals surface area contributed by atoms with E-state index in [2.05, 4.69) is 17.4 Å². The molecule has 0 bridgehead atoms. The first kappa shape index (κ1) is 21.0. The molecule has 0 unspecified atom stereocenters. The second-order valence-electron chi connectivity index (χ2n) is 7.39. The lowest BCUT2D eigenvalue weighted by atomic mass is 9.96. The molecule has 2 aromatic carbocycles. The Morgan fingerprint density at radius 3 is 2.41 bits per heavy atom. The Kier molecular flexibility index (Phi) is 5.75. The summed E-state index contributed by atoms with van der Waals surface area (Å²) in [6, 6.07) is 8.69. The molecule has 1 amide bonds. The Balaban J connectivity index is 1.78. The van der Waals surface area contributed by atoms with Crippen LogP contribution in [0, 0.1) is 20.8 Å². The summed E-state index contributed by atoms with van der Waals surface area (Å²) >= 11 is 0. The number of nitrogens with zero attached hydrogens (tertiary/aromatic N) is 1. The van der Waals surface area contributed by atoms with Crippen molar-refractivity contribution in [1.29, 1.82) is 0 Å². The van der Waals surface area contributed by atoms with E-state index >= 15 is 0 Å². The van der Waals surface area contributed by atoms with Crippen molar-refractivity contribution in [2.75, 3.05) is 23.9 Å². The summed E-state index contributed by atoms with van der Waals surface area (Å²) in [5.74, 6) is 0.611. The van der Waals surface area contributed by atoms with Crippen LogP contribution in [0.2, 0.25) is 0 Å². The molecule has 29 heavy (non-hydrogen) atoms. The molecule has 0 saturated carbocycles. The molecule has 1 aliphatic rings. The van der Waals surface area contributed by atoms with E-state index < -0.39 is 15.9 Å². The summed E-state index contributed by atoms with van der Waals surface area (Å²) in [7, 11) is -3.68. The molecule has 0 spiro atoms. The fourth-order valence-corrected chi connectivity index (χ4v) is 4.23. The maximum absolute atomic E-state index is 12.7. The van der Waals surface area contributed by atoms with E-state index in [1.807, 2.05) is 27.7 Å². The third-order valence-electron chi connectivity index (χ3n) is 5.06. The van der Waals surface area contributed by atoms with Gasteiger partial charge in [-0.2, -0.15) is 0 Å². The van der Waals surface area contributed by atoms with E-state index in [-0.39, 0.29) is 19.4 Å². The number of rotatable bonds is 6. The highest BCUT2D eigenvalue weighted by molar-refractivity contribution is 7.92. The molecule has 0 fully saturated rings. The normalized spacial score (nSPS) is 13.8. The highest BCUT2D eigenvalue weighted by Gasteiger charge is 2.24. The number of sulfonamides is 1. The highest BCUT2D eigenvalue weighted by Crippen LogP contribution is 2.36. The molecule has 0 radical (unpaired) electrons. The first-order valence-corrected chi connectivity index (χ1v) is 11.2. The largest absolute Gasteiger partial charge is 0.454 e. The first-order chi connectivity index (χ1) is 13.6. The van der Waals surface area contributed by atoms with Gasteiger partial charge in [-0.05, 0) is 62.1 Å². The quantitative estimate of drug-likeness (QED) is 0.780. The van der Waals surface area contributed by atoms with Crippen LogP contribution in [-0.4, -0.2) is 33.9 Å². The molecule has 0 aliphatic carbocycles. The lowest BCUT2D eigenvalue weighted by Crippen LogP contribution is -2.41. The molecule has 7 nitrogen and oxygen atoms in total. The van der Waals surface area contributed by atoms with Crippen molar-refractivity contribution in [3.05, 3.63) is 52.6 Å². The van der Waals surface area contributed by atoms with Gasteiger partial charge in [-0.15, -0.1) is 0 Å². The van der Waals surface area contributed by atoms with Gasteiger partial charge in [-0.25, -0.2) is 8.42 Å². The number of nitrogens with one attached hydrogen (secondary N) is 1. The van der Waals surface area contributed by atoms with E-state index in [0.29, 0.717) is 17.2 Å². The van der Waals surface area contributed by atoms with Crippen LogP contribution < -0.4 is 19.1 Å². The molecule has 0 saturated heterocycles. The molecule has 1 N–H and O–H groups in total. The van der Waals surface area contributed by atoms with Gasteiger partial charge in [0.25, 0.3) is 0 Å². The lowest BCUT2D eigenvalue weighted by Gasteiger charge is -2.24. The summed E-state index contributed by atoms with van der Waals surface area (Å²) < 4.78 is 36.3. The summed E-state index contributed by atoms with van der Waals surface area (Å²) in [5.41, 5.74) is 4.77. The summed E-state index contributed by atoms with van der Waals surface area (Å²) in [6.45, 7) is 7.72. The number of amides is 1. The van der Waals surface area contributed by atoms with Gasteiger partial charge in [0.1, 0.15) is 6.54 Å². The van der Waals surface area contributed by atoms with Gasteiger partial charge in [0, 0.05) is 6.07 Å². The van der Waals surface area contributed by atoms with Gasteiger partial charge >= 0.3 is 0 Å².